The van der Waals surface area contributed by atoms with Crippen LogP contribution in [-0.2, 0) is 14.8 Å². The molecule has 7 nitrogen and oxygen atoms in total. The van der Waals surface area contributed by atoms with Crippen LogP contribution in [0.4, 0.5) is 5.69 Å². The number of carbonyl (C=O) groups excluding carboxylic acids is 1. The number of hydrogen-bond acceptors (Lipinski definition) is 5. The largest absolute Gasteiger partial charge is 0.271 e. The molecule has 126 valence electrons. The molecule has 0 radical (unpaired) electrons. The van der Waals surface area contributed by atoms with Gasteiger partial charge in [0.05, 0.1) is 23.9 Å². The summed E-state index contributed by atoms with van der Waals surface area (Å²) in [5.41, 5.74) is 3.33. The molecule has 0 aliphatic rings. The number of para-hydroxylation sites is 1. The molecule has 0 saturated heterocycles. The predicted molar refractivity (Wildman–Crippen MR) is 93.2 cm³/mol. The third-order valence-electron chi connectivity index (χ3n) is 3.16. The van der Waals surface area contributed by atoms with Crippen LogP contribution < -0.4 is 9.73 Å². The van der Waals surface area contributed by atoms with E-state index in [1.807, 2.05) is 0 Å². The molecule has 0 unspecified atom stereocenters. The first-order chi connectivity index (χ1) is 11.4. The van der Waals surface area contributed by atoms with E-state index < -0.39 is 22.0 Å². The van der Waals surface area contributed by atoms with Crippen molar-refractivity contribution in [2.24, 2.45) is 5.10 Å². The molecule has 0 fully saturated rings. The van der Waals surface area contributed by atoms with Crippen LogP contribution >= 0.6 is 0 Å². The summed E-state index contributed by atoms with van der Waals surface area (Å²) in [5.74, 6) is -0.545. The van der Waals surface area contributed by atoms with Crippen molar-refractivity contribution in [2.75, 3.05) is 10.6 Å². The monoisotopic (exact) mass is 346 g/mol. The molecule has 1 heterocycles. The average molecular weight is 346 g/mol. The van der Waals surface area contributed by atoms with E-state index in [0.717, 1.165) is 10.6 Å². The second-order valence-electron chi connectivity index (χ2n) is 5.06. The van der Waals surface area contributed by atoms with Crippen LogP contribution in [0.3, 0.4) is 0 Å². The Kier molecular flexibility index (Phi) is 5.64. The van der Waals surface area contributed by atoms with Gasteiger partial charge in [-0.3, -0.25) is 14.1 Å². The van der Waals surface area contributed by atoms with Crippen LogP contribution in [0.2, 0.25) is 0 Å². The van der Waals surface area contributed by atoms with Crippen molar-refractivity contribution in [2.45, 2.75) is 13.0 Å². The van der Waals surface area contributed by atoms with Gasteiger partial charge in [0.1, 0.15) is 6.04 Å². The zero-order chi connectivity index (χ0) is 17.6. The SMILES string of the molecule is C[C@H](C(=O)N/N=C\c1ccccn1)N(c1ccccc1)S(C)(=O)=O. The maximum absolute atomic E-state index is 12.2. The smallest absolute Gasteiger partial charge is 0.263 e. The second-order valence-corrected chi connectivity index (χ2v) is 6.92. The summed E-state index contributed by atoms with van der Waals surface area (Å²) in [6.45, 7) is 1.50. The van der Waals surface area contributed by atoms with Gasteiger partial charge in [-0.2, -0.15) is 5.10 Å². The van der Waals surface area contributed by atoms with Crippen LogP contribution in [0, 0.1) is 0 Å². The van der Waals surface area contributed by atoms with E-state index in [0.29, 0.717) is 11.4 Å². The Bertz CT molecular complexity index is 808. The number of nitrogens with zero attached hydrogens (tertiary/aromatic N) is 3. The molecule has 2 aromatic rings. The maximum atomic E-state index is 12.2. The van der Waals surface area contributed by atoms with E-state index in [9.17, 15) is 13.2 Å². The molecule has 0 saturated carbocycles. The van der Waals surface area contributed by atoms with Crippen LogP contribution in [-0.4, -0.2) is 37.8 Å². The third-order valence-corrected chi connectivity index (χ3v) is 4.40. The van der Waals surface area contributed by atoms with Crippen molar-refractivity contribution in [1.82, 2.24) is 10.4 Å². The summed E-state index contributed by atoms with van der Waals surface area (Å²) in [7, 11) is -3.63. The normalized spacial score (nSPS) is 12.8. The lowest BCUT2D eigenvalue weighted by Crippen LogP contribution is -2.46. The van der Waals surface area contributed by atoms with E-state index in [4.69, 9.17) is 0 Å². The van der Waals surface area contributed by atoms with E-state index in [1.54, 1.807) is 54.7 Å². The van der Waals surface area contributed by atoms with Gasteiger partial charge < -0.3 is 0 Å². The molecule has 2 rings (SSSR count). The number of hydrazone groups is 1. The number of nitrogens with one attached hydrogen (secondary N) is 1. The van der Waals surface area contributed by atoms with Crippen molar-refractivity contribution < 1.29 is 13.2 Å². The minimum atomic E-state index is -3.63. The molecular weight excluding hydrogens is 328 g/mol. The fourth-order valence-electron chi connectivity index (χ4n) is 2.09. The van der Waals surface area contributed by atoms with Crippen molar-refractivity contribution in [3.05, 3.63) is 60.4 Å². The van der Waals surface area contributed by atoms with Crippen molar-refractivity contribution >= 4 is 27.8 Å². The Labute approximate surface area is 141 Å². The number of carbonyl (C=O) groups is 1. The van der Waals surface area contributed by atoms with Gasteiger partial charge in [-0.15, -0.1) is 0 Å². The molecule has 0 aliphatic carbocycles. The van der Waals surface area contributed by atoms with Crippen molar-refractivity contribution in [3.8, 4) is 0 Å². The first-order valence-corrected chi connectivity index (χ1v) is 9.03. The Morgan fingerprint density at radius 3 is 2.46 bits per heavy atom. The fraction of sp³-hybridized carbons (Fsp3) is 0.188. The predicted octanol–water partition coefficient (Wildman–Crippen LogP) is 1.39. The maximum Gasteiger partial charge on any atom is 0.263 e. The highest BCUT2D eigenvalue weighted by Gasteiger charge is 2.28. The van der Waals surface area contributed by atoms with Gasteiger partial charge in [0.15, 0.2) is 0 Å². The van der Waals surface area contributed by atoms with Crippen molar-refractivity contribution in [3.63, 3.8) is 0 Å². The first kappa shape index (κ1) is 17.6. The average Bonchev–Trinajstić information content (AvgIpc) is 2.55. The molecule has 0 spiro atoms. The van der Waals surface area contributed by atoms with Crippen molar-refractivity contribution in [1.29, 1.82) is 0 Å². The number of rotatable bonds is 6. The molecule has 1 N–H and O–H groups in total. The summed E-state index contributed by atoms with van der Waals surface area (Å²) in [5, 5.41) is 3.81. The van der Waals surface area contributed by atoms with Gasteiger partial charge in [0.25, 0.3) is 5.91 Å². The van der Waals surface area contributed by atoms with E-state index in [1.165, 1.54) is 13.1 Å². The third kappa shape index (κ3) is 4.63. The van der Waals surface area contributed by atoms with Gasteiger partial charge >= 0.3 is 0 Å². The number of sulfonamides is 1. The lowest BCUT2D eigenvalue weighted by molar-refractivity contribution is -0.121. The number of anilines is 1. The van der Waals surface area contributed by atoms with E-state index in [2.05, 4.69) is 15.5 Å². The van der Waals surface area contributed by atoms with Gasteiger partial charge in [0.2, 0.25) is 10.0 Å². The van der Waals surface area contributed by atoms with Crippen LogP contribution in [0.15, 0.2) is 59.8 Å². The Balaban J connectivity index is 2.13. The van der Waals surface area contributed by atoms with Crippen LogP contribution in [0.25, 0.3) is 0 Å². The minimum absolute atomic E-state index is 0.413. The second kappa shape index (κ2) is 7.69. The Morgan fingerprint density at radius 1 is 1.21 bits per heavy atom. The fourth-order valence-corrected chi connectivity index (χ4v) is 3.27. The quantitative estimate of drug-likeness (QED) is 0.632. The zero-order valence-corrected chi connectivity index (χ0v) is 14.1. The van der Waals surface area contributed by atoms with Crippen LogP contribution in [0.5, 0.6) is 0 Å². The summed E-state index contributed by atoms with van der Waals surface area (Å²) in [4.78, 5) is 16.3. The molecule has 0 aliphatic heterocycles. The molecule has 1 amide bonds. The molecular formula is C16H18N4O3S. The number of benzene rings is 1. The van der Waals surface area contributed by atoms with E-state index >= 15 is 0 Å². The Hall–Kier alpha value is -2.74. The molecule has 0 bridgehead atoms. The molecule has 1 aromatic carbocycles. The molecule has 8 heteroatoms. The number of hydrogen-bond donors (Lipinski definition) is 1. The summed E-state index contributed by atoms with van der Waals surface area (Å²) in [6, 6.07) is 12.8. The number of amides is 1. The van der Waals surface area contributed by atoms with Gasteiger partial charge in [0, 0.05) is 6.20 Å². The molecule has 1 atom stereocenters. The summed E-state index contributed by atoms with van der Waals surface area (Å²) >= 11 is 0. The standard InChI is InChI=1S/C16H18N4O3S/c1-13(16(21)19-18-12-14-8-6-7-11-17-14)20(24(2,22)23)15-9-4-3-5-10-15/h3-13H,1-2H3,(H,19,21)/b18-12-/t13-/m1/s1. The Morgan fingerprint density at radius 2 is 1.88 bits per heavy atom. The number of pyridine rings is 1. The molecule has 1 aromatic heterocycles. The lowest BCUT2D eigenvalue weighted by Gasteiger charge is -2.27. The first-order valence-electron chi connectivity index (χ1n) is 7.18. The van der Waals surface area contributed by atoms with Crippen LogP contribution in [0.1, 0.15) is 12.6 Å². The van der Waals surface area contributed by atoms with Gasteiger partial charge in [-0.1, -0.05) is 24.3 Å². The van der Waals surface area contributed by atoms with Gasteiger partial charge in [-0.05, 0) is 31.2 Å². The highest BCUT2D eigenvalue weighted by atomic mass is 32.2. The van der Waals surface area contributed by atoms with E-state index in [-0.39, 0.29) is 0 Å². The highest BCUT2D eigenvalue weighted by Crippen LogP contribution is 2.20. The zero-order valence-electron chi connectivity index (χ0n) is 13.3. The summed E-state index contributed by atoms with van der Waals surface area (Å²) < 4.78 is 25.2. The highest BCUT2D eigenvalue weighted by molar-refractivity contribution is 7.92. The summed E-state index contributed by atoms with van der Waals surface area (Å²) in [6.07, 6.45) is 4.05. The topological polar surface area (TPSA) is 91.7 Å². The molecule has 24 heavy (non-hydrogen) atoms. The minimum Gasteiger partial charge on any atom is -0.271 e. The van der Waals surface area contributed by atoms with Gasteiger partial charge in [-0.25, -0.2) is 13.8 Å². The lowest BCUT2D eigenvalue weighted by atomic mass is 10.2. The number of aromatic nitrogens is 1.